The number of carbonyl (C=O) groups is 2. The van der Waals surface area contributed by atoms with Gasteiger partial charge in [0.2, 0.25) is 5.91 Å². The second kappa shape index (κ2) is 10.3. The van der Waals surface area contributed by atoms with Crippen LogP contribution in [-0.2, 0) is 11.3 Å². The Labute approximate surface area is 190 Å². The molecule has 6 nitrogen and oxygen atoms in total. The fourth-order valence-electron chi connectivity index (χ4n) is 3.44. The normalized spacial score (nSPS) is 11.4. The standard InChI is InChI=1S/C26H21FN4O2/c27-21-11-13-22(14-12-21)31(26(33)23-10-4-5-16-29-23)24(20-9-6-15-28-18-20)25(32)30-17-19-7-2-1-3-8-19/h1-16,18,24H,17H2,(H,30,32)/t24-/m1/s1. The molecule has 7 heteroatoms. The number of hydrogen-bond acceptors (Lipinski definition) is 4. The molecule has 4 rings (SSSR count). The zero-order chi connectivity index (χ0) is 23.0. The first-order valence-corrected chi connectivity index (χ1v) is 10.4. The topological polar surface area (TPSA) is 75.2 Å². The first-order chi connectivity index (χ1) is 16.1. The third-order valence-corrected chi connectivity index (χ3v) is 5.02. The van der Waals surface area contributed by atoms with E-state index < -0.39 is 23.7 Å². The minimum atomic E-state index is -1.05. The maximum absolute atomic E-state index is 13.7. The van der Waals surface area contributed by atoms with Crippen molar-refractivity contribution < 1.29 is 14.0 Å². The Morgan fingerprint density at radius 3 is 2.30 bits per heavy atom. The van der Waals surface area contributed by atoms with Crippen LogP contribution in [0.25, 0.3) is 0 Å². The van der Waals surface area contributed by atoms with Crippen LogP contribution in [0.2, 0.25) is 0 Å². The number of nitrogens with zero attached hydrogens (tertiary/aromatic N) is 3. The lowest BCUT2D eigenvalue weighted by atomic mass is 10.0. The minimum absolute atomic E-state index is 0.159. The van der Waals surface area contributed by atoms with E-state index in [0.717, 1.165) is 5.56 Å². The monoisotopic (exact) mass is 440 g/mol. The molecule has 1 atom stereocenters. The Hall–Kier alpha value is -4.39. The molecule has 0 spiro atoms. The van der Waals surface area contributed by atoms with Crippen LogP contribution in [0, 0.1) is 5.82 Å². The van der Waals surface area contributed by atoms with Gasteiger partial charge in [-0.1, -0.05) is 42.5 Å². The van der Waals surface area contributed by atoms with Gasteiger partial charge in [0.25, 0.3) is 5.91 Å². The number of pyridine rings is 2. The number of rotatable bonds is 7. The summed E-state index contributed by atoms with van der Waals surface area (Å²) in [5, 5.41) is 2.91. The van der Waals surface area contributed by atoms with Crippen molar-refractivity contribution in [3.63, 3.8) is 0 Å². The Morgan fingerprint density at radius 2 is 1.64 bits per heavy atom. The lowest BCUT2D eigenvalue weighted by Gasteiger charge is -2.31. The van der Waals surface area contributed by atoms with Crippen LogP contribution in [0.15, 0.2) is 104 Å². The van der Waals surface area contributed by atoms with Gasteiger partial charge in [0.05, 0.1) is 0 Å². The molecule has 4 aromatic rings. The first-order valence-electron chi connectivity index (χ1n) is 10.4. The molecular weight excluding hydrogens is 419 g/mol. The van der Waals surface area contributed by atoms with Crippen molar-refractivity contribution in [1.29, 1.82) is 0 Å². The fraction of sp³-hybridized carbons (Fsp3) is 0.0769. The minimum Gasteiger partial charge on any atom is -0.350 e. The number of hydrogen-bond donors (Lipinski definition) is 1. The smallest absolute Gasteiger partial charge is 0.277 e. The molecule has 0 saturated carbocycles. The van der Waals surface area contributed by atoms with Crippen LogP contribution in [-0.4, -0.2) is 21.8 Å². The van der Waals surface area contributed by atoms with Gasteiger partial charge in [0.1, 0.15) is 17.6 Å². The van der Waals surface area contributed by atoms with E-state index in [-0.39, 0.29) is 12.2 Å². The highest BCUT2D eigenvalue weighted by molar-refractivity contribution is 6.09. The Morgan fingerprint density at radius 1 is 0.879 bits per heavy atom. The van der Waals surface area contributed by atoms with Gasteiger partial charge in [-0.05, 0) is 48.0 Å². The quantitative estimate of drug-likeness (QED) is 0.464. The lowest BCUT2D eigenvalue weighted by Crippen LogP contribution is -2.44. The number of nitrogens with one attached hydrogen (secondary N) is 1. The van der Waals surface area contributed by atoms with Crippen LogP contribution in [0.4, 0.5) is 10.1 Å². The Bertz CT molecular complexity index is 1200. The van der Waals surface area contributed by atoms with E-state index in [4.69, 9.17) is 0 Å². The number of amides is 2. The summed E-state index contributed by atoms with van der Waals surface area (Å²) in [6.45, 7) is 0.283. The van der Waals surface area contributed by atoms with E-state index in [2.05, 4.69) is 15.3 Å². The molecular formula is C26H21FN4O2. The second-order valence-electron chi connectivity index (χ2n) is 7.26. The number of carbonyl (C=O) groups excluding carboxylic acids is 2. The maximum atomic E-state index is 13.7. The molecule has 2 aromatic carbocycles. The second-order valence-corrected chi connectivity index (χ2v) is 7.26. The van der Waals surface area contributed by atoms with E-state index in [1.54, 1.807) is 36.5 Å². The molecule has 0 radical (unpaired) electrons. The third kappa shape index (κ3) is 5.27. The van der Waals surface area contributed by atoms with Crippen molar-refractivity contribution in [2.24, 2.45) is 0 Å². The van der Waals surface area contributed by atoms with Crippen molar-refractivity contribution >= 4 is 17.5 Å². The lowest BCUT2D eigenvalue weighted by molar-refractivity contribution is -0.122. The molecule has 0 aliphatic rings. The van der Waals surface area contributed by atoms with Gasteiger partial charge in [-0.15, -0.1) is 0 Å². The van der Waals surface area contributed by atoms with E-state index >= 15 is 0 Å². The zero-order valence-corrected chi connectivity index (χ0v) is 17.6. The predicted octanol–water partition coefficient (Wildman–Crippen LogP) is 4.32. The van der Waals surface area contributed by atoms with Gasteiger partial charge in [0.15, 0.2) is 0 Å². The molecule has 0 unspecified atom stereocenters. The van der Waals surface area contributed by atoms with Crippen molar-refractivity contribution in [1.82, 2.24) is 15.3 Å². The maximum Gasteiger partial charge on any atom is 0.277 e. The predicted molar refractivity (Wildman–Crippen MR) is 123 cm³/mol. The molecule has 2 aromatic heterocycles. The SMILES string of the molecule is O=C(NCc1ccccc1)[C@@H](c1cccnc1)N(C(=O)c1ccccn1)c1ccc(F)cc1. The molecule has 0 aliphatic carbocycles. The summed E-state index contributed by atoms with van der Waals surface area (Å²) < 4.78 is 13.7. The molecule has 0 aliphatic heterocycles. The van der Waals surface area contributed by atoms with E-state index in [0.29, 0.717) is 11.3 Å². The fourth-order valence-corrected chi connectivity index (χ4v) is 3.44. The number of anilines is 1. The Kier molecular flexibility index (Phi) is 6.80. The van der Waals surface area contributed by atoms with Gasteiger partial charge in [0, 0.05) is 36.4 Å². The molecule has 1 N–H and O–H groups in total. The number of halogens is 1. The van der Waals surface area contributed by atoms with Crippen LogP contribution in [0.3, 0.4) is 0 Å². The van der Waals surface area contributed by atoms with E-state index in [1.165, 1.54) is 41.6 Å². The van der Waals surface area contributed by atoms with Crippen molar-refractivity contribution in [3.05, 3.63) is 126 Å². The average molecular weight is 440 g/mol. The highest BCUT2D eigenvalue weighted by atomic mass is 19.1. The summed E-state index contributed by atoms with van der Waals surface area (Å²) in [5.74, 6) is -1.35. The molecule has 0 fully saturated rings. The Balaban J connectivity index is 1.76. The summed E-state index contributed by atoms with van der Waals surface area (Å²) in [6.07, 6.45) is 4.63. The number of benzene rings is 2. The van der Waals surface area contributed by atoms with Crippen molar-refractivity contribution in [3.8, 4) is 0 Å². The highest BCUT2D eigenvalue weighted by Crippen LogP contribution is 2.29. The van der Waals surface area contributed by atoms with Gasteiger partial charge in [-0.3, -0.25) is 24.5 Å². The molecule has 0 bridgehead atoms. The highest BCUT2D eigenvalue weighted by Gasteiger charge is 2.34. The van der Waals surface area contributed by atoms with Gasteiger partial charge in [-0.2, -0.15) is 0 Å². The third-order valence-electron chi connectivity index (χ3n) is 5.02. The summed E-state index contributed by atoms with van der Waals surface area (Å²) >= 11 is 0. The average Bonchev–Trinajstić information content (AvgIpc) is 2.88. The van der Waals surface area contributed by atoms with E-state index in [9.17, 15) is 14.0 Å². The molecule has 33 heavy (non-hydrogen) atoms. The molecule has 164 valence electrons. The summed E-state index contributed by atoms with van der Waals surface area (Å²) in [7, 11) is 0. The van der Waals surface area contributed by atoms with Crippen LogP contribution < -0.4 is 10.2 Å². The van der Waals surface area contributed by atoms with Crippen molar-refractivity contribution in [2.75, 3.05) is 4.90 Å². The summed E-state index contributed by atoms with van der Waals surface area (Å²) in [4.78, 5) is 36.7. The number of aromatic nitrogens is 2. The van der Waals surface area contributed by atoms with Crippen molar-refractivity contribution in [2.45, 2.75) is 12.6 Å². The summed E-state index contributed by atoms with van der Waals surface area (Å²) in [6, 6.07) is 22.2. The molecule has 2 heterocycles. The van der Waals surface area contributed by atoms with Crippen LogP contribution in [0.5, 0.6) is 0 Å². The van der Waals surface area contributed by atoms with Gasteiger partial charge < -0.3 is 5.32 Å². The van der Waals surface area contributed by atoms with Gasteiger partial charge in [-0.25, -0.2) is 4.39 Å². The summed E-state index contributed by atoms with van der Waals surface area (Å²) in [5.41, 5.74) is 1.94. The van der Waals surface area contributed by atoms with Gasteiger partial charge >= 0.3 is 0 Å². The van der Waals surface area contributed by atoms with Crippen LogP contribution >= 0.6 is 0 Å². The molecule has 2 amide bonds. The zero-order valence-electron chi connectivity index (χ0n) is 17.6. The molecule has 0 saturated heterocycles. The van der Waals surface area contributed by atoms with Crippen LogP contribution in [0.1, 0.15) is 27.7 Å². The van der Waals surface area contributed by atoms with E-state index in [1.807, 2.05) is 30.3 Å². The largest absolute Gasteiger partial charge is 0.350 e. The first kappa shape index (κ1) is 21.8.